The molecule has 2 aromatic heterocycles. The van der Waals surface area contributed by atoms with Crippen molar-refractivity contribution in [2.75, 3.05) is 0 Å². The van der Waals surface area contributed by atoms with E-state index >= 15 is 4.39 Å². The van der Waals surface area contributed by atoms with Crippen molar-refractivity contribution >= 4 is 23.0 Å². The zero-order valence-electron chi connectivity index (χ0n) is 28.6. The summed E-state index contributed by atoms with van der Waals surface area (Å²) in [4.78, 5) is 57.1. The van der Waals surface area contributed by atoms with Crippen molar-refractivity contribution in [3.05, 3.63) is 61.7 Å². The number of nitrogens with one attached hydrogen (secondary N) is 1. The summed E-state index contributed by atoms with van der Waals surface area (Å²) in [5.74, 6) is -1.88. The number of aromatic nitrogens is 2. The van der Waals surface area contributed by atoms with Crippen LogP contribution in [-0.4, -0.2) is 44.4 Å². The van der Waals surface area contributed by atoms with Crippen molar-refractivity contribution in [1.29, 1.82) is 0 Å². The van der Waals surface area contributed by atoms with E-state index in [9.17, 15) is 19.5 Å². The van der Waals surface area contributed by atoms with Crippen molar-refractivity contribution in [3.8, 4) is 11.4 Å². The summed E-state index contributed by atoms with van der Waals surface area (Å²) in [6.45, 7) is 3.30. The van der Waals surface area contributed by atoms with Crippen LogP contribution in [0, 0.1) is 24.6 Å². The van der Waals surface area contributed by atoms with Gasteiger partial charge in [0, 0.05) is 47.8 Å². The number of pyridine rings is 2. The number of halogens is 1. The second kappa shape index (κ2) is 10.8. The lowest BCUT2D eigenvalue weighted by molar-refractivity contribution is -0.363. The number of benzene rings is 1. The molecule has 5 heterocycles. The summed E-state index contributed by atoms with van der Waals surface area (Å²) in [5.41, 5.74) is 2.17. The Hall–Kier alpha value is -3.91. The fourth-order valence-electron chi connectivity index (χ4n) is 10.4. The van der Waals surface area contributed by atoms with Gasteiger partial charge in [-0.05, 0) is 87.0 Å². The van der Waals surface area contributed by atoms with E-state index in [1.54, 1.807) is 24.5 Å². The predicted octanol–water partition coefficient (Wildman–Crippen LogP) is 5.37. The minimum atomic E-state index is -1.98. The van der Waals surface area contributed by atoms with Gasteiger partial charge in [0.2, 0.25) is 11.6 Å². The van der Waals surface area contributed by atoms with Crippen LogP contribution in [0.4, 0.5) is 9.18 Å². The van der Waals surface area contributed by atoms with E-state index in [1.807, 2.05) is 0 Å². The normalized spacial score (nSPS) is 34.2. The number of alkyl carbamates (subject to hydrolysis) is 1. The number of ether oxygens (including phenoxy) is 3. The lowest BCUT2D eigenvalue weighted by Gasteiger charge is -2.37. The van der Waals surface area contributed by atoms with Gasteiger partial charge in [-0.3, -0.25) is 4.79 Å². The average Bonchev–Trinajstić information content (AvgIpc) is 3.89. The van der Waals surface area contributed by atoms with Crippen molar-refractivity contribution in [2.24, 2.45) is 11.8 Å². The van der Waals surface area contributed by atoms with Crippen LogP contribution in [0.2, 0.25) is 0 Å². The van der Waals surface area contributed by atoms with Crippen LogP contribution in [0.15, 0.2) is 16.9 Å². The van der Waals surface area contributed by atoms with E-state index in [4.69, 9.17) is 29.0 Å². The van der Waals surface area contributed by atoms with Crippen molar-refractivity contribution in [3.63, 3.8) is 0 Å². The van der Waals surface area contributed by atoms with E-state index in [1.165, 1.54) is 12.5 Å². The number of carbonyl (C=O) groups excluding carboxylic acids is 2. The van der Waals surface area contributed by atoms with Gasteiger partial charge >= 0.3 is 12.1 Å². The minimum absolute atomic E-state index is 0.0161. The summed E-state index contributed by atoms with van der Waals surface area (Å²) >= 11 is 0. The van der Waals surface area contributed by atoms with Gasteiger partial charge in [0.25, 0.3) is 5.56 Å². The fraction of sp³-hybridized carbons (Fsp3) is 0.579. The number of fused-ring (bicyclic) bond motifs is 8. The Morgan fingerprint density at radius 1 is 1.14 bits per heavy atom. The highest BCUT2D eigenvalue weighted by Gasteiger charge is 2.63. The zero-order chi connectivity index (χ0) is 35.0. The third kappa shape index (κ3) is 4.44. The Morgan fingerprint density at radius 2 is 2.00 bits per heavy atom. The number of carbonyl (C=O) groups is 2. The Labute approximate surface area is 292 Å². The molecule has 268 valence electrons. The molecule has 13 heteroatoms. The van der Waals surface area contributed by atoms with Crippen LogP contribution >= 0.6 is 0 Å². The van der Waals surface area contributed by atoms with E-state index in [-0.39, 0.29) is 36.5 Å². The number of aliphatic hydroxyl groups is 1. The van der Waals surface area contributed by atoms with Gasteiger partial charge in [0.05, 0.1) is 35.1 Å². The molecule has 4 fully saturated rings. The molecule has 7 aliphatic rings. The number of hydrogen-bond donors (Lipinski definition) is 2. The van der Waals surface area contributed by atoms with Crippen molar-refractivity contribution in [2.45, 2.75) is 127 Å². The number of rotatable bonds is 3. The summed E-state index contributed by atoms with van der Waals surface area (Å²) in [6.07, 6.45) is 6.68. The molecular formula is C38H40FN3O9. The van der Waals surface area contributed by atoms with E-state index in [2.05, 4.69) is 5.32 Å². The summed E-state index contributed by atoms with van der Waals surface area (Å²) < 4.78 is 34.8. The Balaban J connectivity index is 0.978. The van der Waals surface area contributed by atoms with Crippen molar-refractivity contribution in [1.82, 2.24) is 14.9 Å². The van der Waals surface area contributed by atoms with Gasteiger partial charge in [0.1, 0.15) is 18.5 Å². The van der Waals surface area contributed by atoms with Crippen LogP contribution in [0.5, 0.6) is 0 Å². The fourth-order valence-corrected chi connectivity index (χ4v) is 10.4. The van der Waals surface area contributed by atoms with Gasteiger partial charge in [-0.15, -0.1) is 0 Å². The maximum Gasteiger partial charge on any atom is 0.407 e. The van der Waals surface area contributed by atoms with E-state index in [0.29, 0.717) is 66.4 Å². The molecule has 12 nitrogen and oxygen atoms in total. The molecule has 1 amide bonds. The van der Waals surface area contributed by atoms with Gasteiger partial charge in [0.15, 0.2) is 5.60 Å². The molecular weight excluding hydrogens is 661 g/mol. The first kappa shape index (κ1) is 31.8. The van der Waals surface area contributed by atoms with Crippen LogP contribution in [0.1, 0.15) is 111 Å². The molecule has 2 bridgehead atoms. The quantitative estimate of drug-likeness (QED) is 0.211. The number of amides is 1. The van der Waals surface area contributed by atoms with Crippen LogP contribution in [-0.2, 0) is 54.0 Å². The number of hydrogen-bond acceptors (Lipinski definition) is 10. The molecule has 1 aromatic carbocycles. The summed E-state index contributed by atoms with van der Waals surface area (Å²) in [6, 6.07) is 2.52. The molecule has 2 N–H and O–H groups in total. The number of aryl methyl sites for hydroxylation is 1. The predicted molar refractivity (Wildman–Crippen MR) is 176 cm³/mol. The molecule has 3 aromatic rings. The SMILES string of the molecule is CCC1(O)C(=O)OCc2c1cc1n(c2=O)Cc2c-1nc1cc(F)c(C)c3c1c2C(NC(=O)OC1CCCC2(C1)OOC1(CC4CCC1C4)O2)CC3. The Morgan fingerprint density at radius 3 is 2.78 bits per heavy atom. The van der Waals surface area contributed by atoms with Gasteiger partial charge < -0.3 is 29.2 Å². The second-order valence-corrected chi connectivity index (χ2v) is 15.7. The van der Waals surface area contributed by atoms with Gasteiger partial charge in [-0.2, -0.15) is 9.78 Å². The third-order valence-corrected chi connectivity index (χ3v) is 13.0. The first-order chi connectivity index (χ1) is 24.5. The molecule has 0 radical (unpaired) electrons. The van der Waals surface area contributed by atoms with Crippen LogP contribution in [0.3, 0.4) is 0 Å². The Bertz CT molecular complexity index is 2140. The molecule has 4 aliphatic carbocycles. The van der Waals surface area contributed by atoms with Gasteiger partial charge in [-0.25, -0.2) is 19.0 Å². The number of nitrogens with zero attached hydrogens (tertiary/aromatic N) is 2. The highest BCUT2D eigenvalue weighted by atomic mass is 19.1. The molecule has 51 heavy (non-hydrogen) atoms. The highest BCUT2D eigenvalue weighted by molar-refractivity contribution is 5.93. The smallest absolute Gasteiger partial charge is 0.407 e. The molecule has 2 spiro atoms. The molecule has 3 saturated carbocycles. The largest absolute Gasteiger partial charge is 0.458 e. The van der Waals surface area contributed by atoms with E-state index in [0.717, 1.165) is 47.8 Å². The van der Waals surface area contributed by atoms with Crippen LogP contribution in [0.25, 0.3) is 22.3 Å². The summed E-state index contributed by atoms with van der Waals surface area (Å²) in [7, 11) is 0. The summed E-state index contributed by atoms with van der Waals surface area (Å²) in [5, 5.41) is 15.2. The van der Waals surface area contributed by atoms with E-state index < -0.39 is 46.9 Å². The number of esters is 1. The molecule has 10 rings (SSSR count). The zero-order valence-corrected chi connectivity index (χ0v) is 28.6. The number of cyclic esters (lactones) is 1. The lowest BCUT2D eigenvalue weighted by Crippen LogP contribution is -2.45. The monoisotopic (exact) mass is 701 g/mol. The van der Waals surface area contributed by atoms with Gasteiger partial charge in [-0.1, -0.05) is 6.92 Å². The molecule has 1 saturated heterocycles. The molecule has 3 aliphatic heterocycles. The lowest BCUT2D eigenvalue weighted by atomic mass is 9.81. The standard InChI is InChI=1S/C38H40FN3O9/c1-3-37(46)25-12-29-32-23(16-42(29)33(43)24(25)17-47-34(37)44)31-27(9-8-22-18(2)26(39)13-28(40-32)30(22)31)41-35(45)48-21-5-4-10-36(15-21)49-38(51-50-36)14-19-6-7-20(38)11-19/h12-13,19-21,27,46H,3-11,14-17H2,1-2H3,(H,41,45). The first-order valence-electron chi connectivity index (χ1n) is 18.4. The maximum absolute atomic E-state index is 15.3. The average molecular weight is 702 g/mol. The molecule has 7 unspecified atom stereocenters. The van der Waals surface area contributed by atoms with Crippen LogP contribution < -0.4 is 10.9 Å². The topological polar surface area (TPSA) is 147 Å². The highest BCUT2D eigenvalue weighted by Crippen LogP contribution is 2.59. The first-order valence-corrected chi connectivity index (χ1v) is 18.4. The minimum Gasteiger partial charge on any atom is -0.458 e. The maximum atomic E-state index is 15.3. The Kier molecular flexibility index (Phi) is 6.74. The third-order valence-electron chi connectivity index (χ3n) is 13.0. The molecule has 7 atom stereocenters. The second-order valence-electron chi connectivity index (χ2n) is 15.7. The van der Waals surface area contributed by atoms with Crippen molar-refractivity contribution < 1.29 is 43.1 Å².